The fourth-order valence-corrected chi connectivity index (χ4v) is 3.06. The van der Waals surface area contributed by atoms with Crippen molar-refractivity contribution in [2.24, 2.45) is 5.92 Å². The summed E-state index contributed by atoms with van der Waals surface area (Å²) >= 11 is 0. The average molecular weight is 306 g/mol. The maximum atomic E-state index is 11.9. The summed E-state index contributed by atoms with van der Waals surface area (Å²) in [6, 6.07) is 1.19. The number of carbonyl (C=O) groups is 1. The van der Waals surface area contributed by atoms with Crippen LogP contribution in [0.25, 0.3) is 0 Å². The van der Waals surface area contributed by atoms with E-state index >= 15 is 0 Å². The maximum absolute atomic E-state index is 11.9. The number of carbonyl (C=O) groups excluding carboxylic acids is 1. The fourth-order valence-electron chi connectivity index (χ4n) is 2.33. The van der Waals surface area contributed by atoms with E-state index in [4.69, 9.17) is 15.4 Å². The van der Waals surface area contributed by atoms with Crippen molar-refractivity contribution in [1.29, 1.82) is 0 Å². The van der Waals surface area contributed by atoms with Gasteiger partial charge in [0.1, 0.15) is 16.7 Å². The third-order valence-electron chi connectivity index (χ3n) is 3.32. The molecule has 1 aromatic heterocycles. The van der Waals surface area contributed by atoms with Gasteiger partial charge in [0, 0.05) is 16.9 Å². The van der Waals surface area contributed by atoms with Crippen molar-refractivity contribution in [3.8, 4) is 0 Å². The molecule has 7 heteroatoms. The Hall–Kier alpha value is -1.01. The van der Waals surface area contributed by atoms with Gasteiger partial charge in [-0.2, -0.15) is 0 Å². The van der Waals surface area contributed by atoms with E-state index < -0.39 is 15.0 Å². The molecule has 1 N–H and O–H groups in total. The zero-order valence-corrected chi connectivity index (χ0v) is 12.1. The summed E-state index contributed by atoms with van der Waals surface area (Å²) in [5.41, 5.74) is 0.109. The summed E-state index contributed by atoms with van der Waals surface area (Å²) in [5.74, 6) is 0.0136. The largest absolute Gasteiger partial charge is 0.458 e. The molecule has 0 aliphatic heterocycles. The second-order valence-electron chi connectivity index (χ2n) is 4.99. The molecule has 1 saturated carbocycles. The quantitative estimate of drug-likeness (QED) is 0.688. The van der Waals surface area contributed by atoms with Crippen LogP contribution in [0.5, 0.6) is 0 Å². The Morgan fingerprint density at radius 3 is 2.79 bits per heavy atom. The lowest BCUT2D eigenvalue weighted by molar-refractivity contribution is 0.0149. The van der Waals surface area contributed by atoms with Crippen LogP contribution in [0.4, 0.5) is 0 Å². The topological polar surface area (TPSA) is 76.2 Å². The Kier molecular flexibility index (Phi) is 4.20. The zero-order valence-electron chi connectivity index (χ0n) is 10.6. The van der Waals surface area contributed by atoms with Gasteiger partial charge in [-0.25, -0.2) is 13.2 Å². The van der Waals surface area contributed by atoms with E-state index in [2.05, 4.69) is 11.9 Å². The summed E-state index contributed by atoms with van der Waals surface area (Å²) in [7, 11) is 1.36. The first-order chi connectivity index (χ1) is 8.86. The predicted molar refractivity (Wildman–Crippen MR) is 70.7 cm³/mol. The summed E-state index contributed by atoms with van der Waals surface area (Å²) in [6.45, 7) is 2.13. The minimum atomic E-state index is -3.82. The molecule has 5 nitrogen and oxygen atoms in total. The smallest absolute Gasteiger partial charge is 0.355 e. The van der Waals surface area contributed by atoms with Gasteiger partial charge in [0.25, 0.3) is 9.05 Å². The molecular weight excluding hydrogens is 290 g/mol. The lowest BCUT2D eigenvalue weighted by Crippen LogP contribution is -2.24. The summed E-state index contributed by atoms with van der Waals surface area (Å²) in [4.78, 5) is 14.3. The maximum Gasteiger partial charge on any atom is 0.355 e. The summed E-state index contributed by atoms with van der Waals surface area (Å²) < 4.78 is 27.6. The third-order valence-corrected chi connectivity index (χ3v) is 4.65. The first-order valence-electron chi connectivity index (χ1n) is 6.20. The van der Waals surface area contributed by atoms with Crippen LogP contribution in [0.1, 0.15) is 43.1 Å². The molecule has 0 radical (unpaired) electrons. The molecule has 1 aromatic rings. The van der Waals surface area contributed by atoms with Gasteiger partial charge < -0.3 is 9.72 Å². The van der Waals surface area contributed by atoms with E-state index in [1.54, 1.807) is 0 Å². The fraction of sp³-hybridized carbons (Fsp3) is 0.583. The number of halogens is 1. The third kappa shape index (κ3) is 3.73. The summed E-state index contributed by atoms with van der Waals surface area (Å²) in [5, 5.41) is 0. The first kappa shape index (κ1) is 14.4. The molecule has 0 aromatic carbocycles. The number of aromatic amines is 1. The number of esters is 1. The highest BCUT2D eigenvalue weighted by Crippen LogP contribution is 2.26. The van der Waals surface area contributed by atoms with Crippen LogP contribution in [-0.2, 0) is 13.8 Å². The van der Waals surface area contributed by atoms with Crippen molar-refractivity contribution in [3.05, 3.63) is 18.0 Å². The SMILES string of the molecule is CC1CCCC(OC(=O)c2cc(S(=O)(=O)Cl)c[nH]2)C1. The first-order valence-corrected chi connectivity index (χ1v) is 8.51. The van der Waals surface area contributed by atoms with Crippen molar-refractivity contribution >= 4 is 25.7 Å². The molecule has 19 heavy (non-hydrogen) atoms. The summed E-state index contributed by atoms with van der Waals surface area (Å²) in [6.07, 6.45) is 5.01. The average Bonchev–Trinajstić information content (AvgIpc) is 2.77. The second-order valence-corrected chi connectivity index (χ2v) is 7.55. The Morgan fingerprint density at radius 2 is 2.21 bits per heavy atom. The monoisotopic (exact) mass is 305 g/mol. The highest BCUT2D eigenvalue weighted by Gasteiger charge is 2.24. The van der Waals surface area contributed by atoms with Crippen LogP contribution >= 0.6 is 10.7 Å². The van der Waals surface area contributed by atoms with Gasteiger partial charge in [-0.05, 0) is 31.2 Å². The standard InChI is InChI=1S/C12H16ClNO4S/c1-8-3-2-4-9(5-8)18-12(15)11-6-10(7-14-11)19(13,16)17/h6-9,14H,2-5H2,1H3. The van der Waals surface area contributed by atoms with Crippen LogP contribution in [0.15, 0.2) is 17.2 Å². The van der Waals surface area contributed by atoms with Crippen molar-refractivity contribution < 1.29 is 17.9 Å². The number of rotatable bonds is 3. The normalized spacial score (nSPS) is 24.1. The van der Waals surface area contributed by atoms with Gasteiger partial charge in [0.05, 0.1) is 0 Å². The lowest BCUT2D eigenvalue weighted by atomic mass is 9.89. The predicted octanol–water partition coefficient (Wildman–Crippen LogP) is 2.68. The van der Waals surface area contributed by atoms with E-state index in [9.17, 15) is 13.2 Å². The zero-order chi connectivity index (χ0) is 14.0. The highest BCUT2D eigenvalue weighted by atomic mass is 35.7. The molecular formula is C12H16ClNO4S. The van der Waals surface area contributed by atoms with Crippen molar-refractivity contribution in [3.63, 3.8) is 0 Å². The van der Waals surface area contributed by atoms with Gasteiger partial charge in [-0.3, -0.25) is 0 Å². The molecule has 2 atom stereocenters. The van der Waals surface area contributed by atoms with Crippen LogP contribution in [-0.4, -0.2) is 25.5 Å². The van der Waals surface area contributed by atoms with Crippen LogP contribution < -0.4 is 0 Å². The van der Waals surface area contributed by atoms with Crippen molar-refractivity contribution in [1.82, 2.24) is 4.98 Å². The minimum absolute atomic E-state index is 0.0874. The van der Waals surface area contributed by atoms with Gasteiger partial charge in [-0.1, -0.05) is 13.3 Å². The van der Waals surface area contributed by atoms with E-state index in [-0.39, 0.29) is 16.7 Å². The Morgan fingerprint density at radius 1 is 1.47 bits per heavy atom. The van der Waals surface area contributed by atoms with E-state index in [1.807, 2.05) is 0 Å². The van der Waals surface area contributed by atoms with E-state index in [0.717, 1.165) is 25.7 Å². The molecule has 0 saturated heterocycles. The van der Waals surface area contributed by atoms with Crippen LogP contribution in [0, 0.1) is 5.92 Å². The molecule has 1 heterocycles. The van der Waals surface area contributed by atoms with E-state index in [1.165, 1.54) is 12.3 Å². The highest BCUT2D eigenvalue weighted by molar-refractivity contribution is 8.13. The molecule has 0 bridgehead atoms. The van der Waals surface area contributed by atoms with E-state index in [0.29, 0.717) is 5.92 Å². The van der Waals surface area contributed by atoms with Gasteiger partial charge in [0.15, 0.2) is 0 Å². The number of hydrogen-bond donors (Lipinski definition) is 1. The number of hydrogen-bond acceptors (Lipinski definition) is 4. The molecule has 1 aliphatic rings. The molecule has 1 fully saturated rings. The molecule has 0 spiro atoms. The second kappa shape index (κ2) is 5.54. The van der Waals surface area contributed by atoms with Crippen LogP contribution in [0.3, 0.4) is 0 Å². The Bertz CT molecular complexity index is 566. The number of H-pyrrole nitrogens is 1. The molecule has 106 valence electrons. The van der Waals surface area contributed by atoms with Crippen LogP contribution in [0.2, 0.25) is 0 Å². The van der Waals surface area contributed by atoms with Gasteiger partial charge in [-0.15, -0.1) is 0 Å². The lowest BCUT2D eigenvalue weighted by Gasteiger charge is -2.26. The Balaban J connectivity index is 2.02. The number of aromatic nitrogens is 1. The minimum Gasteiger partial charge on any atom is -0.458 e. The molecule has 1 aliphatic carbocycles. The number of nitrogens with one attached hydrogen (secondary N) is 1. The van der Waals surface area contributed by atoms with Crippen molar-refractivity contribution in [2.45, 2.75) is 43.6 Å². The number of ether oxygens (including phenoxy) is 1. The Labute approximate surface area is 116 Å². The molecule has 0 amide bonds. The van der Waals surface area contributed by atoms with Gasteiger partial charge >= 0.3 is 5.97 Å². The van der Waals surface area contributed by atoms with Crippen molar-refractivity contribution in [2.75, 3.05) is 0 Å². The van der Waals surface area contributed by atoms with Gasteiger partial charge in [0.2, 0.25) is 0 Å². The molecule has 2 unspecified atom stereocenters. The molecule has 2 rings (SSSR count).